The first-order chi connectivity index (χ1) is 12.0. The van der Waals surface area contributed by atoms with Crippen LogP contribution >= 0.6 is 32.9 Å². The fraction of sp³-hybridized carbons (Fsp3) is 0.250. The van der Waals surface area contributed by atoms with Gasteiger partial charge in [-0.15, -0.1) is 17.0 Å². The van der Waals surface area contributed by atoms with Crippen LogP contribution in [0.15, 0.2) is 60.7 Å². The molecule has 0 aliphatic rings. The fourth-order valence-electron chi connectivity index (χ4n) is 2.12. The van der Waals surface area contributed by atoms with Gasteiger partial charge in [0.2, 0.25) is 5.78 Å². The van der Waals surface area contributed by atoms with Gasteiger partial charge in [0.1, 0.15) is 0 Å². The van der Waals surface area contributed by atoms with Gasteiger partial charge in [-0.25, -0.2) is 0 Å². The van der Waals surface area contributed by atoms with Gasteiger partial charge in [0.25, 0.3) is 0 Å². The van der Waals surface area contributed by atoms with E-state index in [1.165, 1.54) is 0 Å². The zero-order valence-electron chi connectivity index (χ0n) is 14.7. The molecule has 0 aliphatic heterocycles. The second kappa shape index (κ2) is 13.3. The maximum Gasteiger partial charge on any atom is 0.323 e. The van der Waals surface area contributed by atoms with E-state index in [0.717, 1.165) is 17.3 Å². The molecule has 4 nitrogen and oxygen atoms in total. The number of rotatable bonds is 6. The molecule has 0 saturated carbocycles. The van der Waals surface area contributed by atoms with E-state index in [2.05, 4.69) is 20.7 Å². The Morgan fingerprint density at radius 1 is 0.962 bits per heavy atom. The first-order valence-electron chi connectivity index (χ1n) is 7.91. The van der Waals surface area contributed by atoms with E-state index >= 15 is 0 Å². The van der Waals surface area contributed by atoms with Crippen LogP contribution in [-0.4, -0.2) is 27.9 Å². The molecule has 0 amide bonds. The van der Waals surface area contributed by atoms with Gasteiger partial charge in [-0.2, -0.15) is 4.79 Å². The Bertz CT molecular complexity index is 730. The largest absolute Gasteiger partial charge is 0.361 e. The van der Waals surface area contributed by atoms with E-state index in [9.17, 15) is 9.59 Å². The van der Waals surface area contributed by atoms with Gasteiger partial charge in [-0.1, -0.05) is 90.4 Å². The zero-order valence-corrected chi connectivity index (χ0v) is 18.0. The summed E-state index contributed by atoms with van der Waals surface area (Å²) >= 11 is 3.16. The van der Waals surface area contributed by atoms with Crippen molar-refractivity contribution in [1.29, 1.82) is 0 Å². The summed E-state index contributed by atoms with van der Waals surface area (Å²) < 4.78 is 0. The third-order valence-electron chi connectivity index (χ3n) is 3.83. The van der Waals surface area contributed by atoms with Crippen LogP contribution in [0.4, 0.5) is 0 Å². The molecule has 2 aromatic carbocycles. The Hall–Kier alpha value is -1.88. The van der Waals surface area contributed by atoms with Crippen molar-refractivity contribution in [1.82, 2.24) is 0 Å². The maximum absolute atomic E-state index is 11.3. The van der Waals surface area contributed by atoms with Crippen LogP contribution in [0.1, 0.15) is 36.8 Å². The average Bonchev–Trinajstić information content (AvgIpc) is 2.68. The molecular formula is C20H22Br2N2O2. The molecule has 0 saturated heterocycles. The number of alkyl halides is 1. The van der Waals surface area contributed by atoms with Gasteiger partial charge in [0.15, 0.2) is 5.78 Å². The predicted molar refractivity (Wildman–Crippen MR) is 114 cm³/mol. The van der Waals surface area contributed by atoms with E-state index in [0.29, 0.717) is 5.33 Å². The van der Waals surface area contributed by atoms with Gasteiger partial charge in [-0.3, -0.25) is 9.59 Å². The summed E-state index contributed by atoms with van der Waals surface area (Å²) in [6.45, 7) is 3.71. The number of Topliss-reactive ketones (excluding diaryl/α,β-unsaturated/α-hetero) is 2. The summed E-state index contributed by atoms with van der Waals surface area (Å²) in [7, 11) is 0. The minimum atomic E-state index is -0.253. The number of halogens is 2. The molecular weight excluding hydrogens is 460 g/mol. The highest BCUT2D eigenvalue weighted by Gasteiger charge is 2.15. The van der Waals surface area contributed by atoms with Crippen molar-refractivity contribution in [2.75, 3.05) is 5.33 Å². The Morgan fingerprint density at radius 2 is 1.38 bits per heavy atom. The quantitative estimate of drug-likeness (QED) is 0.252. The van der Waals surface area contributed by atoms with E-state index in [1.54, 1.807) is 6.92 Å². The Kier molecular flexibility index (Phi) is 12.4. The highest BCUT2D eigenvalue weighted by atomic mass is 79.9. The number of carbonyl (C=O) groups is 2. The monoisotopic (exact) mass is 480 g/mol. The van der Waals surface area contributed by atoms with E-state index < -0.39 is 0 Å². The fourth-order valence-corrected chi connectivity index (χ4v) is 2.60. The van der Waals surface area contributed by atoms with E-state index in [1.807, 2.05) is 67.6 Å². The summed E-state index contributed by atoms with van der Waals surface area (Å²) in [5, 5.41) is 0.434. The Labute approximate surface area is 173 Å². The van der Waals surface area contributed by atoms with Crippen molar-refractivity contribution < 1.29 is 14.4 Å². The molecule has 2 unspecified atom stereocenters. The maximum atomic E-state index is 11.3. The summed E-state index contributed by atoms with van der Waals surface area (Å²) in [4.78, 5) is 25.2. The summed E-state index contributed by atoms with van der Waals surface area (Å²) in [6.07, 6.45) is 0.928. The van der Waals surface area contributed by atoms with Crippen LogP contribution in [0.2, 0.25) is 0 Å². The van der Waals surface area contributed by atoms with Crippen LogP contribution < -0.4 is 0 Å². The lowest BCUT2D eigenvalue weighted by Crippen LogP contribution is -2.10. The lowest BCUT2D eigenvalue weighted by atomic mass is 9.97. The topological polar surface area (TPSA) is 70.5 Å². The van der Waals surface area contributed by atoms with Gasteiger partial charge in [0, 0.05) is 5.92 Å². The average molecular weight is 482 g/mol. The molecule has 0 aliphatic carbocycles. The van der Waals surface area contributed by atoms with Crippen LogP contribution in [-0.2, 0) is 9.59 Å². The van der Waals surface area contributed by atoms with Crippen molar-refractivity contribution in [2.45, 2.75) is 25.7 Å². The molecule has 0 N–H and O–H groups in total. The van der Waals surface area contributed by atoms with Crippen LogP contribution in [0.3, 0.4) is 0 Å². The molecule has 2 atom stereocenters. The smallest absolute Gasteiger partial charge is 0.323 e. The molecule has 2 aromatic rings. The van der Waals surface area contributed by atoms with Crippen molar-refractivity contribution >= 4 is 50.7 Å². The molecule has 0 radical (unpaired) electrons. The first kappa shape index (κ1) is 24.1. The first-order valence-corrected chi connectivity index (χ1v) is 9.03. The second-order valence-electron chi connectivity index (χ2n) is 5.51. The standard InChI is InChI=1S/C10H11BrO.C10H10N2O.BrH/c1-8(10(12)7-11)9-5-3-2-4-6-9;1-8(10(13)7-12-11)9-5-3-2-4-6-9;/h2-6,8H,7H2,1H3;2-8H,1H3;1H. The van der Waals surface area contributed by atoms with Crippen LogP contribution in [0, 0.1) is 0 Å². The van der Waals surface area contributed by atoms with Gasteiger partial charge >= 0.3 is 6.21 Å². The minimum Gasteiger partial charge on any atom is -0.361 e. The van der Waals surface area contributed by atoms with Gasteiger partial charge in [-0.05, 0) is 11.1 Å². The van der Waals surface area contributed by atoms with Crippen LogP contribution in [0.25, 0.3) is 5.53 Å². The predicted octanol–water partition coefficient (Wildman–Crippen LogP) is 4.99. The highest BCUT2D eigenvalue weighted by Crippen LogP contribution is 2.16. The molecule has 0 fully saturated rings. The summed E-state index contributed by atoms with van der Waals surface area (Å²) in [5.41, 5.74) is 10.2. The van der Waals surface area contributed by atoms with Crippen molar-refractivity contribution in [3.8, 4) is 0 Å². The number of ketones is 2. The highest BCUT2D eigenvalue weighted by molar-refractivity contribution is 9.09. The van der Waals surface area contributed by atoms with Crippen molar-refractivity contribution in [3.63, 3.8) is 0 Å². The van der Waals surface area contributed by atoms with E-state index in [4.69, 9.17) is 5.53 Å². The molecule has 0 spiro atoms. The molecule has 138 valence electrons. The molecule has 6 heteroatoms. The SMILES string of the molecule is Br.CC(C(=O)C=[N+]=[N-])c1ccccc1.CC(C(=O)CBr)c1ccccc1. The van der Waals surface area contributed by atoms with Crippen molar-refractivity contribution in [2.24, 2.45) is 0 Å². The third kappa shape index (κ3) is 8.00. The number of carbonyl (C=O) groups excluding carboxylic acids is 2. The molecule has 26 heavy (non-hydrogen) atoms. The number of benzene rings is 2. The minimum absolute atomic E-state index is 0. The second-order valence-corrected chi connectivity index (χ2v) is 6.07. The normalized spacial score (nSPS) is 11.5. The lowest BCUT2D eigenvalue weighted by Gasteiger charge is -2.07. The summed E-state index contributed by atoms with van der Waals surface area (Å²) in [6, 6.07) is 19.2. The molecule has 0 heterocycles. The number of hydrogen-bond acceptors (Lipinski definition) is 2. The molecule has 2 rings (SSSR count). The van der Waals surface area contributed by atoms with Crippen LogP contribution in [0.5, 0.6) is 0 Å². The van der Waals surface area contributed by atoms with Crippen molar-refractivity contribution in [3.05, 3.63) is 77.3 Å². The Balaban J connectivity index is 0.000000464. The summed E-state index contributed by atoms with van der Waals surface area (Å²) in [5.74, 6) is -0.224. The van der Waals surface area contributed by atoms with E-state index in [-0.39, 0.29) is 40.4 Å². The third-order valence-corrected chi connectivity index (χ3v) is 4.38. The van der Waals surface area contributed by atoms with Gasteiger partial charge < -0.3 is 5.53 Å². The lowest BCUT2D eigenvalue weighted by molar-refractivity contribution is -0.118. The molecule has 0 aromatic heterocycles. The van der Waals surface area contributed by atoms with Gasteiger partial charge in [0.05, 0.1) is 11.2 Å². The number of hydrogen-bond donors (Lipinski definition) is 0. The zero-order chi connectivity index (χ0) is 18.7. The molecule has 0 bridgehead atoms. The Morgan fingerprint density at radius 3 is 1.77 bits per heavy atom. The number of nitrogens with zero attached hydrogens (tertiary/aromatic N) is 2.